The van der Waals surface area contributed by atoms with Crippen LogP contribution in [0, 0.1) is 0 Å². The van der Waals surface area contributed by atoms with Crippen LogP contribution in [0.25, 0.3) is 17.2 Å². The molecule has 0 aliphatic carbocycles. The Bertz CT molecular complexity index is 1470. The molecule has 1 aromatic heterocycles. The van der Waals surface area contributed by atoms with Crippen LogP contribution < -0.4 is 10.2 Å². The highest BCUT2D eigenvalue weighted by molar-refractivity contribution is 7.92. The molecule has 12 heteroatoms. The number of benzene rings is 2. The minimum Gasteiger partial charge on any atom is -0.350 e. The number of carbonyl (C=O) groups excluding carboxylic acids is 1. The third kappa shape index (κ3) is 7.29. The fourth-order valence-electron chi connectivity index (χ4n) is 3.66. The van der Waals surface area contributed by atoms with E-state index in [1.54, 1.807) is 42.5 Å². The Balaban J connectivity index is 1.39. The normalized spacial score (nSPS) is 16.5. The summed E-state index contributed by atoms with van der Waals surface area (Å²) in [6.07, 6.45) is 8.81. The first-order valence-corrected chi connectivity index (χ1v) is 14.8. The van der Waals surface area contributed by atoms with Gasteiger partial charge in [0, 0.05) is 37.2 Å². The second kappa shape index (κ2) is 11.3. The van der Waals surface area contributed by atoms with Gasteiger partial charge in [-0.15, -0.1) is 0 Å². The van der Waals surface area contributed by atoms with Crippen molar-refractivity contribution < 1.29 is 31.2 Å². The van der Waals surface area contributed by atoms with Gasteiger partial charge in [0.2, 0.25) is 10.0 Å². The van der Waals surface area contributed by atoms with Crippen LogP contribution in [-0.4, -0.2) is 45.9 Å². The van der Waals surface area contributed by atoms with E-state index in [1.807, 2.05) is 0 Å². The molecule has 2 N–H and O–H groups in total. The summed E-state index contributed by atoms with van der Waals surface area (Å²) in [6.45, 7) is 0.596. The lowest BCUT2D eigenvalue weighted by Crippen LogP contribution is -2.32. The molecule has 196 valence electrons. The van der Waals surface area contributed by atoms with E-state index >= 15 is 0 Å². The first-order chi connectivity index (χ1) is 17.6. The molecule has 3 aromatic rings. The lowest BCUT2D eigenvalue weighted by molar-refractivity contribution is -0.198. The van der Waals surface area contributed by atoms with E-state index in [-0.39, 0.29) is 4.90 Å². The molecule has 4 rings (SSSR count). The Morgan fingerprint density at radius 1 is 1.00 bits per heavy atom. The quantitative estimate of drug-likeness (QED) is 0.311. The second-order valence-electron chi connectivity index (χ2n) is 8.47. The summed E-state index contributed by atoms with van der Waals surface area (Å²) in [6, 6.07) is 14.7. The molecule has 1 amide bonds. The maximum atomic E-state index is 13.0. The predicted octanol–water partition coefficient (Wildman–Crippen LogP) is 3.35. The van der Waals surface area contributed by atoms with Gasteiger partial charge in [0.15, 0.2) is 6.29 Å². The van der Waals surface area contributed by atoms with Crippen molar-refractivity contribution in [3.63, 3.8) is 0 Å². The van der Waals surface area contributed by atoms with Crippen molar-refractivity contribution in [3.8, 4) is 11.1 Å². The SMILES string of the molecule is CS(=O)(=O)Nc1ccc(-c2ccc(S(=O)(=O)n3ccc(/C=C/C(=O)NOC4CCCCO4)c3)cc2)cc1. The van der Waals surface area contributed by atoms with Gasteiger partial charge >= 0.3 is 0 Å². The van der Waals surface area contributed by atoms with Gasteiger partial charge in [0.25, 0.3) is 15.9 Å². The van der Waals surface area contributed by atoms with E-state index in [9.17, 15) is 21.6 Å². The van der Waals surface area contributed by atoms with Crippen LogP contribution in [0.5, 0.6) is 0 Å². The van der Waals surface area contributed by atoms with Gasteiger partial charge in [-0.05, 0) is 65.9 Å². The van der Waals surface area contributed by atoms with E-state index in [4.69, 9.17) is 9.57 Å². The molecule has 1 atom stereocenters. The maximum Gasteiger partial charge on any atom is 0.267 e. The number of nitrogens with one attached hydrogen (secondary N) is 2. The number of aromatic nitrogens is 1. The minimum absolute atomic E-state index is 0.0939. The van der Waals surface area contributed by atoms with E-state index in [0.717, 1.165) is 34.2 Å². The van der Waals surface area contributed by atoms with E-state index in [1.165, 1.54) is 36.7 Å². The summed E-state index contributed by atoms with van der Waals surface area (Å²) in [5, 5.41) is 0. The molecular weight excluding hydrogens is 518 g/mol. The predicted molar refractivity (Wildman–Crippen MR) is 139 cm³/mol. The largest absolute Gasteiger partial charge is 0.350 e. The Morgan fingerprint density at radius 2 is 1.68 bits per heavy atom. The zero-order valence-electron chi connectivity index (χ0n) is 20.0. The van der Waals surface area contributed by atoms with Crippen LogP contribution in [0.1, 0.15) is 24.8 Å². The number of carbonyl (C=O) groups is 1. The van der Waals surface area contributed by atoms with E-state index in [0.29, 0.717) is 24.3 Å². The van der Waals surface area contributed by atoms with Gasteiger partial charge < -0.3 is 4.74 Å². The first-order valence-electron chi connectivity index (χ1n) is 11.5. The van der Waals surface area contributed by atoms with Crippen LogP contribution in [-0.2, 0) is 34.4 Å². The average molecular weight is 546 g/mol. The Labute approximate surface area is 216 Å². The summed E-state index contributed by atoms with van der Waals surface area (Å²) >= 11 is 0. The van der Waals surface area contributed by atoms with Gasteiger partial charge in [0.1, 0.15) is 0 Å². The lowest BCUT2D eigenvalue weighted by atomic mass is 10.1. The number of hydrogen-bond acceptors (Lipinski definition) is 7. The highest BCUT2D eigenvalue weighted by Crippen LogP contribution is 2.24. The Morgan fingerprint density at radius 3 is 2.30 bits per heavy atom. The molecule has 2 aromatic carbocycles. The lowest BCUT2D eigenvalue weighted by Gasteiger charge is -2.21. The smallest absolute Gasteiger partial charge is 0.267 e. The molecule has 1 fully saturated rings. The molecule has 1 aliphatic heterocycles. The van der Waals surface area contributed by atoms with Crippen molar-refractivity contribution in [3.05, 3.63) is 78.6 Å². The van der Waals surface area contributed by atoms with Gasteiger partial charge in [-0.1, -0.05) is 24.3 Å². The van der Waals surface area contributed by atoms with Gasteiger partial charge in [-0.3, -0.25) is 9.52 Å². The molecule has 2 heterocycles. The molecule has 0 spiro atoms. The second-order valence-corrected chi connectivity index (χ2v) is 12.1. The van der Waals surface area contributed by atoms with Crippen molar-refractivity contribution in [2.24, 2.45) is 0 Å². The van der Waals surface area contributed by atoms with Crippen molar-refractivity contribution in [2.45, 2.75) is 30.4 Å². The summed E-state index contributed by atoms with van der Waals surface area (Å²) in [5.74, 6) is -0.486. The standard InChI is InChI=1S/C25H27N3O7S2/c1-36(30,31)27-22-10-6-20(7-11-22)21-8-12-23(13-9-21)37(32,33)28-16-15-19(18-28)5-14-24(29)26-35-25-4-2-3-17-34-25/h5-16,18,25,27H,2-4,17H2,1H3,(H,26,29)/b14-5+. The molecular formula is C25H27N3O7S2. The summed E-state index contributed by atoms with van der Waals surface area (Å²) < 4.78 is 57.7. The monoisotopic (exact) mass is 545 g/mol. The molecule has 1 saturated heterocycles. The Kier molecular flexibility index (Phi) is 8.13. The highest BCUT2D eigenvalue weighted by atomic mass is 32.2. The molecule has 1 aliphatic rings. The first kappa shape index (κ1) is 26.6. The topological polar surface area (TPSA) is 133 Å². The molecule has 0 radical (unpaired) electrons. The number of sulfonamides is 1. The van der Waals surface area contributed by atoms with Crippen LogP contribution in [0.2, 0.25) is 0 Å². The maximum absolute atomic E-state index is 13.0. The average Bonchev–Trinajstić information content (AvgIpc) is 3.37. The van der Waals surface area contributed by atoms with Crippen LogP contribution in [0.15, 0.2) is 78.0 Å². The van der Waals surface area contributed by atoms with Gasteiger partial charge in [0.05, 0.1) is 11.2 Å². The summed E-state index contributed by atoms with van der Waals surface area (Å²) in [5.41, 5.74) is 4.84. The summed E-state index contributed by atoms with van der Waals surface area (Å²) in [7, 11) is -7.21. The van der Waals surface area contributed by atoms with E-state index in [2.05, 4.69) is 10.2 Å². The van der Waals surface area contributed by atoms with E-state index < -0.39 is 32.2 Å². The fourth-order valence-corrected chi connectivity index (χ4v) is 5.43. The number of amides is 1. The third-order valence-electron chi connectivity index (χ3n) is 5.50. The third-order valence-corrected chi connectivity index (χ3v) is 7.75. The van der Waals surface area contributed by atoms with Crippen LogP contribution >= 0.6 is 0 Å². The molecule has 0 bridgehead atoms. The number of hydrogen-bond donors (Lipinski definition) is 2. The zero-order chi connectivity index (χ0) is 26.5. The van der Waals surface area contributed by atoms with Crippen molar-refractivity contribution in [1.29, 1.82) is 0 Å². The molecule has 0 saturated carbocycles. The van der Waals surface area contributed by atoms with Crippen LogP contribution in [0.3, 0.4) is 0 Å². The molecule has 37 heavy (non-hydrogen) atoms. The minimum atomic E-state index is -3.84. The highest BCUT2D eigenvalue weighted by Gasteiger charge is 2.17. The van der Waals surface area contributed by atoms with Crippen molar-refractivity contribution >= 4 is 37.7 Å². The number of hydroxylamine groups is 1. The molecule has 10 nitrogen and oxygen atoms in total. The number of rotatable bonds is 9. The van der Waals surface area contributed by atoms with Crippen molar-refractivity contribution in [2.75, 3.05) is 17.6 Å². The number of ether oxygens (including phenoxy) is 1. The molecule has 1 unspecified atom stereocenters. The van der Waals surface area contributed by atoms with Crippen LogP contribution in [0.4, 0.5) is 5.69 Å². The number of anilines is 1. The fraction of sp³-hybridized carbons (Fsp3) is 0.240. The number of nitrogens with zero attached hydrogens (tertiary/aromatic N) is 1. The summed E-state index contributed by atoms with van der Waals surface area (Å²) in [4.78, 5) is 17.3. The van der Waals surface area contributed by atoms with Crippen molar-refractivity contribution in [1.82, 2.24) is 9.45 Å². The van der Waals surface area contributed by atoms with Gasteiger partial charge in [-0.2, -0.15) is 0 Å². The Hall–Kier alpha value is -3.45. The zero-order valence-corrected chi connectivity index (χ0v) is 21.7. The van der Waals surface area contributed by atoms with Gasteiger partial charge in [-0.25, -0.2) is 31.1 Å².